The molecule has 1 aliphatic rings. The highest BCUT2D eigenvalue weighted by Gasteiger charge is 2.28. The Labute approximate surface area is 131 Å². The van der Waals surface area contributed by atoms with Gasteiger partial charge in [0.25, 0.3) is 0 Å². The smallest absolute Gasteiger partial charge is 0.322 e. The van der Waals surface area contributed by atoms with Crippen molar-refractivity contribution in [3.05, 3.63) is 34.9 Å². The van der Waals surface area contributed by atoms with E-state index in [0.29, 0.717) is 6.04 Å². The third-order valence-corrected chi connectivity index (χ3v) is 4.66. The first-order valence-electron chi connectivity index (χ1n) is 7.57. The number of thioether (sulfide) groups is 1. The summed E-state index contributed by atoms with van der Waals surface area (Å²) in [5.74, 6) is 1.83. The average molecular weight is 307 g/mol. The van der Waals surface area contributed by atoms with Gasteiger partial charge in [-0.05, 0) is 44.4 Å². The van der Waals surface area contributed by atoms with Gasteiger partial charge in [0, 0.05) is 11.8 Å². The zero-order valence-electron chi connectivity index (χ0n) is 13.1. The van der Waals surface area contributed by atoms with Gasteiger partial charge in [-0.2, -0.15) is 11.8 Å². The SMILES string of the molecule is COC(=O)C(CCSCc1cc(C)cc(C)c1)NC1CC1. The number of nitrogens with one attached hydrogen (secondary N) is 1. The van der Waals surface area contributed by atoms with Crippen molar-refractivity contribution in [2.75, 3.05) is 12.9 Å². The van der Waals surface area contributed by atoms with E-state index in [-0.39, 0.29) is 12.0 Å². The Bertz CT molecular complexity index is 465. The van der Waals surface area contributed by atoms with Crippen molar-refractivity contribution in [3.8, 4) is 0 Å². The molecule has 0 saturated heterocycles. The van der Waals surface area contributed by atoms with Crippen LogP contribution in [0, 0.1) is 13.8 Å². The number of methoxy groups -OCH3 is 1. The van der Waals surface area contributed by atoms with E-state index in [1.807, 2.05) is 11.8 Å². The van der Waals surface area contributed by atoms with E-state index in [1.165, 1.54) is 36.6 Å². The van der Waals surface area contributed by atoms with Crippen LogP contribution in [-0.2, 0) is 15.3 Å². The molecule has 1 atom stereocenters. The van der Waals surface area contributed by atoms with E-state index in [2.05, 4.69) is 37.4 Å². The summed E-state index contributed by atoms with van der Waals surface area (Å²) in [5.41, 5.74) is 3.99. The van der Waals surface area contributed by atoms with Gasteiger partial charge in [-0.3, -0.25) is 4.79 Å². The molecule has 0 aromatic heterocycles. The van der Waals surface area contributed by atoms with Crippen molar-refractivity contribution >= 4 is 17.7 Å². The Morgan fingerprint density at radius 2 is 2.00 bits per heavy atom. The molecule has 1 saturated carbocycles. The van der Waals surface area contributed by atoms with Gasteiger partial charge in [0.2, 0.25) is 0 Å². The van der Waals surface area contributed by atoms with E-state index >= 15 is 0 Å². The van der Waals surface area contributed by atoms with Gasteiger partial charge < -0.3 is 10.1 Å². The van der Waals surface area contributed by atoms with Crippen LogP contribution in [-0.4, -0.2) is 30.9 Å². The number of hydrogen-bond acceptors (Lipinski definition) is 4. The quantitative estimate of drug-likeness (QED) is 0.591. The molecule has 2 rings (SSSR count). The van der Waals surface area contributed by atoms with Crippen molar-refractivity contribution in [3.63, 3.8) is 0 Å². The second-order valence-corrected chi connectivity index (χ2v) is 6.96. The van der Waals surface area contributed by atoms with Crippen LogP contribution in [0.3, 0.4) is 0 Å². The van der Waals surface area contributed by atoms with Crippen LogP contribution in [0.2, 0.25) is 0 Å². The Morgan fingerprint density at radius 1 is 1.33 bits per heavy atom. The highest BCUT2D eigenvalue weighted by molar-refractivity contribution is 7.98. The van der Waals surface area contributed by atoms with Crippen LogP contribution in [0.25, 0.3) is 0 Å². The summed E-state index contributed by atoms with van der Waals surface area (Å²) in [5, 5.41) is 3.37. The van der Waals surface area contributed by atoms with E-state index in [0.717, 1.165) is 17.9 Å². The number of hydrogen-bond donors (Lipinski definition) is 1. The number of aryl methyl sites for hydroxylation is 2. The molecular formula is C17H25NO2S. The third-order valence-electron chi connectivity index (χ3n) is 3.60. The minimum Gasteiger partial charge on any atom is -0.468 e. The fraction of sp³-hybridized carbons (Fsp3) is 0.588. The van der Waals surface area contributed by atoms with E-state index in [9.17, 15) is 4.79 Å². The lowest BCUT2D eigenvalue weighted by Gasteiger charge is -2.15. The highest BCUT2D eigenvalue weighted by atomic mass is 32.2. The minimum atomic E-state index is -0.144. The molecule has 1 aliphatic carbocycles. The maximum absolute atomic E-state index is 11.7. The number of carbonyl (C=O) groups is 1. The molecule has 21 heavy (non-hydrogen) atoms. The second kappa shape index (κ2) is 7.85. The summed E-state index contributed by atoms with van der Waals surface area (Å²) in [7, 11) is 1.46. The predicted octanol–water partition coefficient (Wildman–Crippen LogP) is 3.22. The van der Waals surface area contributed by atoms with Gasteiger partial charge in [0.05, 0.1) is 7.11 Å². The van der Waals surface area contributed by atoms with Crippen LogP contribution in [0.5, 0.6) is 0 Å². The number of benzene rings is 1. The van der Waals surface area contributed by atoms with Gasteiger partial charge in [0.1, 0.15) is 6.04 Å². The van der Waals surface area contributed by atoms with E-state index in [4.69, 9.17) is 4.74 Å². The van der Waals surface area contributed by atoms with Crippen molar-refractivity contribution in [1.29, 1.82) is 0 Å². The normalized spacial score (nSPS) is 15.8. The van der Waals surface area contributed by atoms with Crippen LogP contribution < -0.4 is 5.32 Å². The Kier molecular flexibility index (Phi) is 6.12. The second-order valence-electron chi connectivity index (χ2n) is 5.85. The Hall–Kier alpha value is -1.00. The summed E-state index contributed by atoms with van der Waals surface area (Å²) in [4.78, 5) is 11.7. The number of ether oxygens (including phenoxy) is 1. The lowest BCUT2D eigenvalue weighted by atomic mass is 10.1. The number of esters is 1. The first-order chi connectivity index (χ1) is 10.1. The zero-order chi connectivity index (χ0) is 15.2. The summed E-state index contributed by atoms with van der Waals surface area (Å²) in [6, 6.07) is 7.05. The monoisotopic (exact) mass is 307 g/mol. The molecule has 0 bridgehead atoms. The highest BCUT2D eigenvalue weighted by Crippen LogP contribution is 2.21. The molecular weight excluding hydrogens is 282 g/mol. The Balaban J connectivity index is 1.74. The van der Waals surface area contributed by atoms with Gasteiger partial charge in [-0.25, -0.2) is 0 Å². The van der Waals surface area contributed by atoms with Crippen molar-refractivity contribution in [2.24, 2.45) is 0 Å². The third kappa shape index (κ3) is 5.71. The van der Waals surface area contributed by atoms with Gasteiger partial charge in [-0.15, -0.1) is 0 Å². The first-order valence-corrected chi connectivity index (χ1v) is 8.72. The summed E-state index contributed by atoms with van der Waals surface area (Å²) in [6.45, 7) is 4.27. The van der Waals surface area contributed by atoms with Gasteiger partial charge in [0.15, 0.2) is 0 Å². The van der Waals surface area contributed by atoms with E-state index < -0.39 is 0 Å². The number of carbonyl (C=O) groups excluding carboxylic acids is 1. The zero-order valence-corrected chi connectivity index (χ0v) is 14.0. The molecule has 3 nitrogen and oxygen atoms in total. The van der Waals surface area contributed by atoms with Crippen molar-refractivity contribution < 1.29 is 9.53 Å². The lowest BCUT2D eigenvalue weighted by Crippen LogP contribution is -2.39. The molecule has 1 unspecified atom stereocenters. The van der Waals surface area contributed by atoms with Crippen LogP contribution >= 0.6 is 11.8 Å². The summed E-state index contributed by atoms with van der Waals surface area (Å²) >= 11 is 1.88. The molecule has 0 spiro atoms. The molecule has 0 heterocycles. The van der Waals surface area contributed by atoms with Gasteiger partial charge >= 0.3 is 5.97 Å². The minimum absolute atomic E-state index is 0.131. The van der Waals surface area contributed by atoms with Crippen molar-refractivity contribution in [2.45, 2.75) is 50.9 Å². The largest absolute Gasteiger partial charge is 0.468 e. The molecule has 1 fully saturated rings. The fourth-order valence-electron chi connectivity index (χ4n) is 2.49. The van der Waals surface area contributed by atoms with Crippen LogP contribution in [0.4, 0.5) is 0 Å². The maximum atomic E-state index is 11.7. The lowest BCUT2D eigenvalue weighted by molar-refractivity contribution is -0.143. The maximum Gasteiger partial charge on any atom is 0.322 e. The molecule has 0 radical (unpaired) electrons. The summed E-state index contributed by atoms with van der Waals surface area (Å²) in [6.07, 6.45) is 3.20. The molecule has 116 valence electrons. The van der Waals surface area contributed by atoms with Crippen LogP contribution in [0.15, 0.2) is 18.2 Å². The molecule has 0 aliphatic heterocycles. The first kappa shape index (κ1) is 16.4. The standard InChI is InChI=1S/C17H25NO2S/c1-12-8-13(2)10-14(9-12)11-21-7-6-16(17(19)20-3)18-15-4-5-15/h8-10,15-16,18H,4-7,11H2,1-3H3. The fourth-order valence-corrected chi connectivity index (χ4v) is 3.44. The van der Waals surface area contributed by atoms with Gasteiger partial charge in [-0.1, -0.05) is 29.3 Å². The average Bonchev–Trinajstić information content (AvgIpc) is 3.24. The Morgan fingerprint density at radius 3 is 2.57 bits per heavy atom. The van der Waals surface area contributed by atoms with E-state index in [1.54, 1.807) is 0 Å². The summed E-state index contributed by atoms with van der Waals surface area (Å²) < 4.78 is 4.88. The molecule has 0 amide bonds. The molecule has 1 aromatic carbocycles. The van der Waals surface area contributed by atoms with Crippen molar-refractivity contribution in [1.82, 2.24) is 5.32 Å². The number of rotatable bonds is 8. The predicted molar refractivity (Wildman–Crippen MR) is 88.7 cm³/mol. The molecule has 4 heteroatoms. The molecule has 1 N–H and O–H groups in total. The molecule has 1 aromatic rings. The topological polar surface area (TPSA) is 38.3 Å². The van der Waals surface area contributed by atoms with Crippen LogP contribution in [0.1, 0.15) is 36.0 Å².